The minimum atomic E-state index is 0.376. The molecule has 0 aliphatic heterocycles. The summed E-state index contributed by atoms with van der Waals surface area (Å²) in [5.41, 5.74) is 6.94. The molecular weight excluding hydrogens is 279 g/mol. The molecule has 0 atom stereocenters. The van der Waals surface area contributed by atoms with Gasteiger partial charge in [-0.05, 0) is 28.5 Å². The molecule has 0 saturated carbocycles. The quantitative estimate of drug-likeness (QED) is 0.594. The first kappa shape index (κ1) is 8.38. The van der Waals surface area contributed by atoms with Crippen molar-refractivity contribution in [3.05, 3.63) is 21.7 Å². The number of aromatic nitrogens is 1. The highest BCUT2D eigenvalue weighted by Crippen LogP contribution is 2.29. The fourth-order valence-corrected chi connectivity index (χ4v) is 1.67. The van der Waals surface area contributed by atoms with E-state index in [1.54, 1.807) is 12.4 Å². The van der Waals surface area contributed by atoms with E-state index in [1.165, 1.54) is 0 Å². The Bertz CT molecular complexity index is 510. The molecule has 0 saturated heterocycles. The molecule has 13 heavy (non-hydrogen) atoms. The molecule has 0 spiro atoms. The first-order valence-electron chi connectivity index (χ1n) is 3.52. The maximum absolute atomic E-state index is 5.74. The normalized spacial score (nSPS) is 10.2. The average Bonchev–Trinajstić information content (AvgIpc) is 2.45. The van der Waals surface area contributed by atoms with E-state index >= 15 is 0 Å². The molecule has 2 rings (SSSR count). The summed E-state index contributed by atoms with van der Waals surface area (Å²) in [5, 5.41) is 0.778. The van der Waals surface area contributed by atoms with Gasteiger partial charge in [-0.3, -0.25) is 4.98 Å². The Morgan fingerprint density at radius 1 is 1.54 bits per heavy atom. The molecule has 3 nitrogen and oxygen atoms in total. The third-order valence-corrected chi connectivity index (χ3v) is 2.49. The van der Waals surface area contributed by atoms with Gasteiger partial charge in [0.1, 0.15) is 0 Å². The predicted molar refractivity (Wildman–Crippen MR) is 59.1 cm³/mol. The van der Waals surface area contributed by atoms with Gasteiger partial charge in [-0.25, -0.2) is 0 Å². The van der Waals surface area contributed by atoms with Crippen LogP contribution in [0.25, 0.3) is 11.0 Å². The molecular formula is C9H5IN2O. The van der Waals surface area contributed by atoms with Crippen LogP contribution in [0.3, 0.4) is 0 Å². The second kappa shape index (κ2) is 2.92. The van der Waals surface area contributed by atoms with E-state index in [1.807, 2.05) is 0 Å². The zero-order valence-electron chi connectivity index (χ0n) is 6.54. The molecule has 0 bridgehead atoms. The van der Waals surface area contributed by atoms with Crippen LogP contribution in [0.2, 0.25) is 0 Å². The van der Waals surface area contributed by atoms with Crippen molar-refractivity contribution in [2.45, 2.75) is 0 Å². The van der Waals surface area contributed by atoms with E-state index in [0.29, 0.717) is 17.0 Å². The molecule has 4 heteroatoms. The number of nitrogens with zero attached hydrogens (tertiary/aromatic N) is 1. The van der Waals surface area contributed by atoms with Crippen molar-refractivity contribution in [1.82, 2.24) is 4.98 Å². The van der Waals surface area contributed by atoms with Gasteiger partial charge in [0.25, 0.3) is 0 Å². The molecule has 2 heterocycles. The Morgan fingerprint density at radius 2 is 2.31 bits per heavy atom. The Labute approximate surface area is 88.5 Å². The Kier molecular flexibility index (Phi) is 1.88. The fraction of sp³-hybridized carbons (Fsp3) is 0. The number of hydrogen-bond donors (Lipinski definition) is 1. The van der Waals surface area contributed by atoms with Gasteiger partial charge in [-0.15, -0.1) is 6.42 Å². The van der Waals surface area contributed by atoms with Gasteiger partial charge in [0, 0.05) is 12.4 Å². The molecule has 0 radical (unpaired) electrons. The minimum Gasteiger partial charge on any atom is -0.444 e. The van der Waals surface area contributed by atoms with Gasteiger partial charge < -0.3 is 10.2 Å². The molecule has 0 aliphatic rings. The van der Waals surface area contributed by atoms with Crippen LogP contribution in [-0.4, -0.2) is 4.98 Å². The third kappa shape index (κ3) is 1.16. The summed E-state index contributed by atoms with van der Waals surface area (Å²) >= 11 is 2.12. The van der Waals surface area contributed by atoms with E-state index in [-0.39, 0.29) is 0 Å². The van der Waals surface area contributed by atoms with E-state index in [0.717, 1.165) is 8.96 Å². The number of hydrogen-bond acceptors (Lipinski definition) is 3. The standard InChI is InChI=1S/C9H5IN2O/c1-2-7-8(11)5-3-12-4-6(10)9(5)13-7/h1,3-4H,11H2. The van der Waals surface area contributed by atoms with Crippen LogP contribution in [0.15, 0.2) is 16.8 Å². The van der Waals surface area contributed by atoms with E-state index in [4.69, 9.17) is 16.6 Å². The monoisotopic (exact) mass is 284 g/mol. The van der Waals surface area contributed by atoms with Crippen LogP contribution in [0, 0.1) is 15.9 Å². The van der Waals surface area contributed by atoms with Crippen LogP contribution in [0.5, 0.6) is 0 Å². The van der Waals surface area contributed by atoms with Crippen LogP contribution in [0.4, 0.5) is 5.69 Å². The Hall–Kier alpha value is -1.22. The smallest absolute Gasteiger partial charge is 0.200 e. The molecule has 64 valence electrons. The first-order valence-corrected chi connectivity index (χ1v) is 4.60. The van der Waals surface area contributed by atoms with Crippen LogP contribution >= 0.6 is 22.6 Å². The van der Waals surface area contributed by atoms with Crippen molar-refractivity contribution in [2.24, 2.45) is 0 Å². The van der Waals surface area contributed by atoms with Gasteiger partial charge in [-0.1, -0.05) is 0 Å². The zero-order valence-corrected chi connectivity index (χ0v) is 8.70. The maximum Gasteiger partial charge on any atom is 0.200 e. The number of pyridine rings is 1. The number of rotatable bonds is 0. The first-order chi connectivity index (χ1) is 6.24. The number of nitrogens with two attached hydrogens (primary N) is 1. The lowest BCUT2D eigenvalue weighted by molar-refractivity contribution is 0.601. The van der Waals surface area contributed by atoms with Crippen LogP contribution in [0.1, 0.15) is 5.76 Å². The number of furan rings is 1. The largest absolute Gasteiger partial charge is 0.444 e. The molecule has 2 aromatic heterocycles. The lowest BCUT2D eigenvalue weighted by Gasteiger charge is -1.89. The second-order valence-electron chi connectivity index (χ2n) is 2.49. The summed E-state index contributed by atoms with van der Waals surface area (Å²) in [6.45, 7) is 0. The Morgan fingerprint density at radius 3 is 2.92 bits per heavy atom. The number of halogens is 1. The average molecular weight is 284 g/mol. The predicted octanol–water partition coefficient (Wildman–Crippen LogP) is 2.00. The van der Waals surface area contributed by atoms with Gasteiger partial charge in [0.15, 0.2) is 5.58 Å². The topological polar surface area (TPSA) is 52.0 Å². The highest BCUT2D eigenvalue weighted by atomic mass is 127. The van der Waals surface area contributed by atoms with Crippen molar-refractivity contribution in [1.29, 1.82) is 0 Å². The van der Waals surface area contributed by atoms with Crippen molar-refractivity contribution in [2.75, 3.05) is 5.73 Å². The van der Waals surface area contributed by atoms with Crippen LogP contribution in [-0.2, 0) is 0 Å². The molecule has 0 amide bonds. The van der Waals surface area contributed by atoms with Gasteiger partial charge >= 0.3 is 0 Å². The molecule has 0 aliphatic carbocycles. The summed E-state index contributed by atoms with van der Waals surface area (Å²) in [6, 6.07) is 0. The molecule has 2 N–H and O–H groups in total. The highest BCUT2D eigenvalue weighted by Gasteiger charge is 2.11. The summed E-state index contributed by atoms with van der Waals surface area (Å²) in [6.07, 6.45) is 8.57. The molecule has 0 unspecified atom stereocenters. The van der Waals surface area contributed by atoms with E-state index in [9.17, 15) is 0 Å². The van der Waals surface area contributed by atoms with Gasteiger partial charge in [-0.2, -0.15) is 0 Å². The lowest BCUT2D eigenvalue weighted by Crippen LogP contribution is -1.85. The van der Waals surface area contributed by atoms with Crippen molar-refractivity contribution >= 4 is 39.2 Å². The van der Waals surface area contributed by atoms with Crippen molar-refractivity contribution in [3.8, 4) is 12.3 Å². The zero-order chi connectivity index (χ0) is 9.42. The maximum atomic E-state index is 5.74. The van der Waals surface area contributed by atoms with Crippen LogP contribution < -0.4 is 5.73 Å². The molecule has 0 aromatic carbocycles. The number of nitrogen functional groups attached to an aromatic ring is 1. The molecule has 0 fully saturated rings. The number of terminal acetylenes is 1. The Balaban J connectivity index is 2.94. The van der Waals surface area contributed by atoms with Gasteiger partial charge in [0.05, 0.1) is 14.6 Å². The summed E-state index contributed by atoms with van der Waals surface area (Å²) < 4.78 is 6.28. The fourth-order valence-electron chi connectivity index (χ4n) is 1.11. The highest BCUT2D eigenvalue weighted by molar-refractivity contribution is 14.1. The summed E-state index contributed by atoms with van der Waals surface area (Å²) in [5.74, 6) is 2.76. The lowest BCUT2D eigenvalue weighted by atomic mass is 10.3. The SMILES string of the molecule is C#Cc1oc2c(I)cncc2c1N. The summed E-state index contributed by atoms with van der Waals surface area (Å²) in [4.78, 5) is 4.00. The van der Waals surface area contributed by atoms with Crippen molar-refractivity contribution in [3.63, 3.8) is 0 Å². The third-order valence-electron chi connectivity index (χ3n) is 1.72. The summed E-state index contributed by atoms with van der Waals surface area (Å²) in [7, 11) is 0. The number of anilines is 1. The number of fused-ring (bicyclic) bond motifs is 1. The minimum absolute atomic E-state index is 0.376. The van der Waals surface area contributed by atoms with E-state index in [2.05, 4.69) is 33.5 Å². The van der Waals surface area contributed by atoms with E-state index < -0.39 is 0 Å². The molecule has 2 aromatic rings. The van der Waals surface area contributed by atoms with Crippen molar-refractivity contribution < 1.29 is 4.42 Å². The van der Waals surface area contributed by atoms with Gasteiger partial charge in [0.2, 0.25) is 5.76 Å². The second-order valence-corrected chi connectivity index (χ2v) is 3.65.